The first-order valence-corrected chi connectivity index (χ1v) is 9.06. The molecule has 1 aliphatic heterocycles. The molecule has 1 atom stereocenters. The first-order valence-electron chi connectivity index (χ1n) is 7.62. The Morgan fingerprint density at radius 3 is 2.43 bits per heavy atom. The largest absolute Gasteiger partial charge is 0.314 e. The molecule has 0 amide bonds. The molecular formula is C16H26N2O2S. The molecular weight excluding hydrogens is 284 g/mol. The molecule has 0 aromatic heterocycles. The summed E-state index contributed by atoms with van der Waals surface area (Å²) in [7, 11) is -3.43. The molecule has 0 radical (unpaired) electrons. The van der Waals surface area contributed by atoms with Crippen LogP contribution < -0.4 is 5.32 Å². The number of benzene rings is 1. The van der Waals surface area contributed by atoms with E-state index in [-0.39, 0.29) is 0 Å². The summed E-state index contributed by atoms with van der Waals surface area (Å²) < 4.78 is 27.3. The van der Waals surface area contributed by atoms with Crippen molar-refractivity contribution < 1.29 is 8.42 Å². The molecule has 0 bridgehead atoms. The Morgan fingerprint density at radius 2 is 1.90 bits per heavy atom. The maximum Gasteiger partial charge on any atom is 0.243 e. The van der Waals surface area contributed by atoms with Gasteiger partial charge in [-0.15, -0.1) is 0 Å². The van der Waals surface area contributed by atoms with Crippen molar-refractivity contribution >= 4 is 10.0 Å². The predicted molar refractivity (Wildman–Crippen MR) is 86.0 cm³/mol. The Bertz CT molecular complexity index is 579. The zero-order valence-corrected chi connectivity index (χ0v) is 14.2. The van der Waals surface area contributed by atoms with Crippen LogP contribution in [0, 0.1) is 0 Å². The summed E-state index contributed by atoms with van der Waals surface area (Å²) in [5, 5.41) is 3.25. The molecule has 1 saturated heterocycles. The summed E-state index contributed by atoms with van der Waals surface area (Å²) in [6, 6.07) is 7.37. The van der Waals surface area contributed by atoms with Gasteiger partial charge in [0, 0.05) is 25.2 Å². The highest BCUT2D eigenvalue weighted by molar-refractivity contribution is 7.89. The van der Waals surface area contributed by atoms with Gasteiger partial charge in [-0.1, -0.05) is 26.0 Å². The molecule has 0 aliphatic carbocycles. The van der Waals surface area contributed by atoms with Gasteiger partial charge in [-0.25, -0.2) is 8.42 Å². The van der Waals surface area contributed by atoms with Gasteiger partial charge in [-0.2, -0.15) is 4.31 Å². The molecule has 1 N–H and O–H groups in total. The van der Waals surface area contributed by atoms with Gasteiger partial charge in [0.2, 0.25) is 10.0 Å². The molecule has 1 aliphatic rings. The van der Waals surface area contributed by atoms with E-state index in [2.05, 4.69) is 19.2 Å². The molecule has 1 fully saturated rings. The molecule has 0 spiro atoms. The van der Waals surface area contributed by atoms with E-state index < -0.39 is 15.6 Å². The van der Waals surface area contributed by atoms with Gasteiger partial charge in [-0.3, -0.25) is 0 Å². The van der Waals surface area contributed by atoms with E-state index in [1.165, 1.54) is 5.56 Å². The highest BCUT2D eigenvalue weighted by Crippen LogP contribution is 2.27. The van der Waals surface area contributed by atoms with E-state index >= 15 is 0 Å². The summed E-state index contributed by atoms with van der Waals surface area (Å²) in [6.07, 6.45) is 1.05. The lowest BCUT2D eigenvalue weighted by Gasteiger charge is -2.41. The molecule has 21 heavy (non-hydrogen) atoms. The summed E-state index contributed by atoms with van der Waals surface area (Å²) in [5.74, 6) is 0.456. The quantitative estimate of drug-likeness (QED) is 0.930. The fraction of sp³-hybridized carbons (Fsp3) is 0.625. The maximum absolute atomic E-state index is 12.9. The number of nitrogens with zero attached hydrogens (tertiary/aromatic N) is 1. The van der Waals surface area contributed by atoms with Crippen molar-refractivity contribution in [3.63, 3.8) is 0 Å². The topological polar surface area (TPSA) is 49.4 Å². The maximum atomic E-state index is 12.9. The number of nitrogens with one attached hydrogen (secondary N) is 1. The van der Waals surface area contributed by atoms with Crippen LogP contribution in [0.5, 0.6) is 0 Å². The molecule has 4 nitrogen and oxygen atoms in total. The summed E-state index contributed by atoms with van der Waals surface area (Å²) in [4.78, 5) is 0.393. The van der Waals surface area contributed by atoms with E-state index in [0.29, 0.717) is 30.4 Å². The number of sulfonamides is 1. The standard InChI is InChI=1S/C16H26N2O2S/c1-5-13(2)14-6-8-15(9-7-14)21(19,20)18-11-10-17-12-16(18,3)4/h6-9,13,17H,5,10-12H2,1-4H3. The zero-order chi connectivity index (χ0) is 15.7. The first-order chi connectivity index (χ1) is 9.79. The van der Waals surface area contributed by atoms with Crippen molar-refractivity contribution in [2.24, 2.45) is 0 Å². The molecule has 2 rings (SSSR count). The highest BCUT2D eigenvalue weighted by Gasteiger charge is 2.38. The van der Waals surface area contributed by atoms with Crippen molar-refractivity contribution in [2.75, 3.05) is 19.6 Å². The molecule has 1 unspecified atom stereocenters. The zero-order valence-electron chi connectivity index (χ0n) is 13.4. The van der Waals surface area contributed by atoms with Crippen LogP contribution in [-0.4, -0.2) is 37.9 Å². The van der Waals surface area contributed by atoms with E-state index in [1.54, 1.807) is 16.4 Å². The van der Waals surface area contributed by atoms with Gasteiger partial charge >= 0.3 is 0 Å². The predicted octanol–water partition coefficient (Wildman–Crippen LogP) is 2.57. The number of hydrogen-bond acceptors (Lipinski definition) is 3. The van der Waals surface area contributed by atoms with Gasteiger partial charge in [0.05, 0.1) is 4.90 Å². The monoisotopic (exact) mass is 310 g/mol. The third-order valence-electron chi connectivity index (χ3n) is 4.37. The molecule has 1 aromatic rings. The first kappa shape index (κ1) is 16.5. The van der Waals surface area contributed by atoms with Crippen LogP contribution in [0.4, 0.5) is 0 Å². The normalized spacial score (nSPS) is 21.1. The van der Waals surface area contributed by atoms with Crippen LogP contribution in [0.2, 0.25) is 0 Å². The van der Waals surface area contributed by atoms with E-state index in [4.69, 9.17) is 0 Å². The second-order valence-corrected chi connectivity index (χ2v) is 8.31. The highest BCUT2D eigenvalue weighted by atomic mass is 32.2. The van der Waals surface area contributed by atoms with Gasteiger partial charge in [-0.05, 0) is 43.9 Å². The molecule has 0 saturated carbocycles. The molecule has 1 heterocycles. The lowest BCUT2D eigenvalue weighted by Crippen LogP contribution is -2.59. The van der Waals surface area contributed by atoms with Crippen molar-refractivity contribution in [2.45, 2.75) is 50.5 Å². The Labute approximate surface area is 128 Å². The summed E-state index contributed by atoms with van der Waals surface area (Å²) >= 11 is 0. The van der Waals surface area contributed by atoms with E-state index in [0.717, 1.165) is 6.42 Å². The number of rotatable bonds is 4. The van der Waals surface area contributed by atoms with Crippen LogP contribution in [0.15, 0.2) is 29.2 Å². The molecule has 1 aromatic carbocycles. The van der Waals surface area contributed by atoms with Gasteiger partial charge in [0.1, 0.15) is 0 Å². The van der Waals surface area contributed by atoms with E-state index in [1.807, 2.05) is 26.0 Å². The Morgan fingerprint density at radius 1 is 1.29 bits per heavy atom. The summed E-state index contributed by atoms with van der Waals surface area (Å²) in [6.45, 7) is 10.1. The van der Waals surface area contributed by atoms with Crippen LogP contribution in [0.3, 0.4) is 0 Å². The van der Waals surface area contributed by atoms with Gasteiger partial charge in [0.25, 0.3) is 0 Å². The molecule has 5 heteroatoms. The lowest BCUT2D eigenvalue weighted by molar-refractivity contribution is 0.186. The van der Waals surface area contributed by atoms with Crippen molar-refractivity contribution in [1.82, 2.24) is 9.62 Å². The lowest BCUT2D eigenvalue weighted by atomic mass is 9.99. The SMILES string of the molecule is CCC(C)c1ccc(S(=O)(=O)N2CCNCC2(C)C)cc1. The van der Waals surface area contributed by atoms with Crippen LogP contribution >= 0.6 is 0 Å². The minimum atomic E-state index is -3.43. The average Bonchev–Trinajstić information content (AvgIpc) is 2.45. The second kappa shape index (κ2) is 6.07. The Hall–Kier alpha value is -0.910. The summed E-state index contributed by atoms with van der Waals surface area (Å²) in [5.41, 5.74) is 0.794. The third kappa shape index (κ3) is 3.30. The Kier molecular flexibility index (Phi) is 4.76. The van der Waals surface area contributed by atoms with Crippen LogP contribution in [0.25, 0.3) is 0 Å². The van der Waals surface area contributed by atoms with Gasteiger partial charge < -0.3 is 5.32 Å². The second-order valence-electron chi connectivity index (χ2n) is 6.44. The average molecular weight is 310 g/mol. The fourth-order valence-electron chi connectivity index (χ4n) is 2.74. The minimum absolute atomic E-state index is 0.393. The van der Waals surface area contributed by atoms with Gasteiger partial charge in [0.15, 0.2) is 0 Å². The third-order valence-corrected chi connectivity index (χ3v) is 6.50. The van der Waals surface area contributed by atoms with Crippen LogP contribution in [-0.2, 0) is 10.0 Å². The number of piperazine rings is 1. The molecule has 118 valence electrons. The smallest absolute Gasteiger partial charge is 0.243 e. The van der Waals surface area contributed by atoms with Crippen molar-refractivity contribution in [3.05, 3.63) is 29.8 Å². The van der Waals surface area contributed by atoms with Crippen LogP contribution in [0.1, 0.15) is 45.6 Å². The van der Waals surface area contributed by atoms with Crippen molar-refractivity contribution in [1.29, 1.82) is 0 Å². The minimum Gasteiger partial charge on any atom is -0.314 e. The van der Waals surface area contributed by atoms with E-state index in [9.17, 15) is 8.42 Å². The fourth-order valence-corrected chi connectivity index (χ4v) is 4.52. The Balaban J connectivity index is 2.31. The number of hydrogen-bond donors (Lipinski definition) is 1. The van der Waals surface area contributed by atoms with Crippen molar-refractivity contribution in [3.8, 4) is 0 Å².